The molecule has 0 amide bonds. The Kier molecular flexibility index (Phi) is 4.12. The second kappa shape index (κ2) is 5.37. The van der Waals surface area contributed by atoms with Crippen LogP contribution in [0.5, 0.6) is 0 Å². The number of benzene rings is 1. The smallest absolute Gasteiger partial charge is 0.245 e. The molecule has 2 N–H and O–H groups in total. The van der Waals surface area contributed by atoms with Crippen molar-refractivity contribution in [3.05, 3.63) is 23.3 Å². The van der Waals surface area contributed by atoms with E-state index in [1.165, 1.54) is 0 Å². The van der Waals surface area contributed by atoms with Gasteiger partial charge in [0, 0.05) is 13.1 Å². The van der Waals surface area contributed by atoms with E-state index in [9.17, 15) is 8.42 Å². The van der Waals surface area contributed by atoms with Crippen molar-refractivity contribution in [2.45, 2.75) is 39.0 Å². The first-order chi connectivity index (χ1) is 9.23. The van der Waals surface area contributed by atoms with E-state index in [-0.39, 0.29) is 4.90 Å². The molecule has 0 aliphatic carbocycles. The summed E-state index contributed by atoms with van der Waals surface area (Å²) in [7, 11) is -3.47. The van der Waals surface area contributed by atoms with Crippen LogP contribution in [0.1, 0.15) is 31.4 Å². The number of anilines is 1. The number of nitrogens with zero attached hydrogens (tertiary/aromatic N) is 1. The van der Waals surface area contributed by atoms with Crippen molar-refractivity contribution in [2.75, 3.05) is 18.8 Å². The van der Waals surface area contributed by atoms with E-state index in [1.807, 2.05) is 13.8 Å². The van der Waals surface area contributed by atoms with Gasteiger partial charge in [-0.1, -0.05) is 13.8 Å². The van der Waals surface area contributed by atoms with Gasteiger partial charge in [0.1, 0.15) is 4.90 Å². The summed E-state index contributed by atoms with van der Waals surface area (Å²) in [4.78, 5) is 0.255. The van der Waals surface area contributed by atoms with Crippen molar-refractivity contribution < 1.29 is 8.42 Å². The summed E-state index contributed by atoms with van der Waals surface area (Å²) in [6, 6.07) is 3.45. The number of nitrogen functional groups attached to an aromatic ring is 1. The maximum Gasteiger partial charge on any atom is 0.245 e. The average molecular weight is 296 g/mol. The molecule has 0 bridgehead atoms. The standard InChI is InChI=1S/C15H24N2O2S/c1-10(2)13-5-6-17(9-13)20(18,19)15-8-12(4)11(3)7-14(15)16/h7-8,10,13H,5-6,9,16H2,1-4H3. The van der Waals surface area contributed by atoms with Gasteiger partial charge < -0.3 is 5.73 Å². The highest BCUT2D eigenvalue weighted by Gasteiger charge is 2.34. The topological polar surface area (TPSA) is 63.4 Å². The summed E-state index contributed by atoms with van der Waals surface area (Å²) >= 11 is 0. The lowest BCUT2D eigenvalue weighted by Gasteiger charge is -2.20. The Hall–Kier alpha value is -1.07. The van der Waals surface area contributed by atoms with E-state index in [4.69, 9.17) is 5.73 Å². The molecule has 0 saturated carbocycles. The molecule has 0 radical (unpaired) electrons. The number of hydrogen-bond acceptors (Lipinski definition) is 3. The van der Waals surface area contributed by atoms with Gasteiger partial charge in [-0.25, -0.2) is 8.42 Å². The molecule has 1 saturated heterocycles. The second-order valence-corrected chi connectivity index (χ2v) is 8.04. The van der Waals surface area contributed by atoms with Crippen molar-refractivity contribution >= 4 is 15.7 Å². The molecule has 1 aromatic rings. The largest absolute Gasteiger partial charge is 0.398 e. The van der Waals surface area contributed by atoms with Crippen LogP contribution >= 0.6 is 0 Å². The van der Waals surface area contributed by atoms with Crippen LogP contribution in [0, 0.1) is 25.7 Å². The maximum atomic E-state index is 12.7. The van der Waals surface area contributed by atoms with Gasteiger partial charge in [-0.05, 0) is 55.4 Å². The molecule has 112 valence electrons. The van der Waals surface area contributed by atoms with E-state index in [0.717, 1.165) is 17.5 Å². The van der Waals surface area contributed by atoms with Crippen molar-refractivity contribution in [1.29, 1.82) is 0 Å². The van der Waals surface area contributed by atoms with Crippen LogP contribution in [0.25, 0.3) is 0 Å². The SMILES string of the molecule is Cc1cc(N)c(S(=O)(=O)N2CCC(C(C)C)C2)cc1C. The first kappa shape index (κ1) is 15.3. The van der Waals surface area contributed by atoms with Gasteiger partial charge in [0.05, 0.1) is 5.69 Å². The van der Waals surface area contributed by atoms with E-state index >= 15 is 0 Å². The van der Waals surface area contributed by atoms with Gasteiger partial charge in [0.15, 0.2) is 0 Å². The number of hydrogen-bond donors (Lipinski definition) is 1. The van der Waals surface area contributed by atoms with E-state index < -0.39 is 10.0 Å². The molecule has 2 rings (SSSR count). The van der Waals surface area contributed by atoms with Crippen molar-refractivity contribution in [3.8, 4) is 0 Å². The van der Waals surface area contributed by atoms with Gasteiger partial charge in [0.25, 0.3) is 0 Å². The zero-order chi connectivity index (χ0) is 15.1. The van der Waals surface area contributed by atoms with Crippen molar-refractivity contribution in [1.82, 2.24) is 4.31 Å². The number of rotatable bonds is 3. The number of aryl methyl sites for hydroxylation is 2. The molecule has 1 heterocycles. The Morgan fingerprint density at radius 3 is 2.40 bits per heavy atom. The summed E-state index contributed by atoms with van der Waals surface area (Å²) in [5, 5.41) is 0. The molecular formula is C15H24N2O2S. The van der Waals surface area contributed by atoms with Crippen LogP contribution in [-0.4, -0.2) is 25.8 Å². The molecule has 1 fully saturated rings. The average Bonchev–Trinajstić information content (AvgIpc) is 2.83. The Morgan fingerprint density at radius 2 is 1.85 bits per heavy atom. The minimum Gasteiger partial charge on any atom is -0.398 e. The lowest BCUT2D eigenvalue weighted by atomic mass is 9.96. The monoisotopic (exact) mass is 296 g/mol. The molecule has 1 aliphatic heterocycles. The van der Waals surface area contributed by atoms with Crippen molar-refractivity contribution in [2.24, 2.45) is 11.8 Å². The van der Waals surface area contributed by atoms with Gasteiger partial charge in [-0.3, -0.25) is 0 Å². The van der Waals surface area contributed by atoms with Crippen LogP contribution in [0.4, 0.5) is 5.69 Å². The third-order valence-corrected chi connectivity index (χ3v) is 6.30. The number of nitrogens with two attached hydrogens (primary N) is 1. The molecular weight excluding hydrogens is 272 g/mol. The predicted molar refractivity (Wildman–Crippen MR) is 82.0 cm³/mol. The highest BCUT2D eigenvalue weighted by Crippen LogP contribution is 2.31. The Bertz CT molecular complexity index is 609. The molecule has 0 spiro atoms. The molecule has 1 unspecified atom stereocenters. The van der Waals surface area contributed by atoms with Crippen LogP contribution in [0.15, 0.2) is 17.0 Å². The summed E-state index contributed by atoms with van der Waals surface area (Å²) in [5.74, 6) is 0.949. The minimum atomic E-state index is -3.47. The highest BCUT2D eigenvalue weighted by atomic mass is 32.2. The van der Waals surface area contributed by atoms with Gasteiger partial charge in [0.2, 0.25) is 10.0 Å². The third-order valence-electron chi connectivity index (χ3n) is 4.37. The van der Waals surface area contributed by atoms with Crippen LogP contribution in [0.3, 0.4) is 0 Å². The lowest BCUT2D eigenvalue weighted by Crippen LogP contribution is -2.30. The first-order valence-corrected chi connectivity index (χ1v) is 8.54. The first-order valence-electron chi connectivity index (χ1n) is 7.10. The molecule has 4 nitrogen and oxygen atoms in total. The zero-order valence-corrected chi connectivity index (χ0v) is 13.5. The molecule has 1 aromatic carbocycles. The van der Waals surface area contributed by atoms with Crippen LogP contribution < -0.4 is 5.73 Å². The fourth-order valence-corrected chi connectivity index (χ4v) is 4.39. The Balaban J connectivity index is 2.35. The molecule has 0 aromatic heterocycles. The van der Waals surface area contributed by atoms with Crippen LogP contribution in [0.2, 0.25) is 0 Å². The fourth-order valence-electron chi connectivity index (χ4n) is 2.69. The summed E-state index contributed by atoms with van der Waals surface area (Å²) < 4.78 is 27.0. The molecule has 5 heteroatoms. The summed E-state index contributed by atoms with van der Waals surface area (Å²) in [5.41, 5.74) is 8.25. The van der Waals surface area contributed by atoms with E-state index in [1.54, 1.807) is 16.4 Å². The minimum absolute atomic E-state index is 0.255. The van der Waals surface area contributed by atoms with Crippen molar-refractivity contribution in [3.63, 3.8) is 0 Å². The summed E-state index contributed by atoms with van der Waals surface area (Å²) in [6.07, 6.45) is 0.932. The van der Waals surface area contributed by atoms with Gasteiger partial charge >= 0.3 is 0 Å². The van der Waals surface area contributed by atoms with E-state index in [2.05, 4.69) is 13.8 Å². The Morgan fingerprint density at radius 1 is 1.25 bits per heavy atom. The van der Waals surface area contributed by atoms with Gasteiger partial charge in [-0.15, -0.1) is 0 Å². The molecule has 20 heavy (non-hydrogen) atoms. The Labute approximate surface area is 122 Å². The zero-order valence-electron chi connectivity index (χ0n) is 12.7. The lowest BCUT2D eigenvalue weighted by molar-refractivity contribution is 0.388. The second-order valence-electron chi connectivity index (χ2n) is 6.13. The number of sulfonamides is 1. The quantitative estimate of drug-likeness (QED) is 0.872. The third kappa shape index (κ3) is 2.69. The highest BCUT2D eigenvalue weighted by molar-refractivity contribution is 7.89. The maximum absolute atomic E-state index is 12.7. The molecule has 1 atom stereocenters. The van der Waals surface area contributed by atoms with E-state index in [0.29, 0.717) is 30.6 Å². The van der Waals surface area contributed by atoms with Crippen LogP contribution in [-0.2, 0) is 10.0 Å². The predicted octanol–water partition coefficient (Wildman–Crippen LogP) is 2.55. The normalized spacial score (nSPS) is 20.8. The summed E-state index contributed by atoms with van der Waals surface area (Å²) in [6.45, 7) is 9.34. The molecule has 1 aliphatic rings. The fraction of sp³-hybridized carbons (Fsp3) is 0.600. The van der Waals surface area contributed by atoms with Gasteiger partial charge in [-0.2, -0.15) is 4.31 Å².